The largest absolute Gasteiger partial charge is 0.483 e. The van der Waals surface area contributed by atoms with Gasteiger partial charge >= 0.3 is 0 Å². The van der Waals surface area contributed by atoms with Gasteiger partial charge < -0.3 is 20.3 Å². The Balaban J connectivity index is 1.58. The lowest BCUT2D eigenvalue weighted by Gasteiger charge is -2.39. The van der Waals surface area contributed by atoms with E-state index in [-0.39, 0.29) is 11.9 Å². The average molecular weight is 327 g/mol. The Kier molecular flexibility index (Phi) is 3.00. The number of nitrogens with zero attached hydrogens (tertiary/aromatic N) is 2. The Bertz CT molecular complexity index is 739. The minimum atomic E-state index is -0.287. The molecular weight excluding hydrogens is 306 g/mol. The van der Waals surface area contributed by atoms with Gasteiger partial charge in [0.15, 0.2) is 5.84 Å². The predicted molar refractivity (Wildman–Crippen MR) is 91.7 cm³/mol. The maximum atomic E-state index is 12.0. The summed E-state index contributed by atoms with van der Waals surface area (Å²) in [5, 5.41) is 11.1. The number of hydrazone groups is 1. The van der Waals surface area contributed by atoms with E-state index in [2.05, 4.69) is 33.3 Å². The van der Waals surface area contributed by atoms with Crippen LogP contribution in [0.3, 0.4) is 0 Å². The Morgan fingerprint density at radius 2 is 2.17 bits per heavy atom. The van der Waals surface area contributed by atoms with E-state index in [1.54, 1.807) is 0 Å². The summed E-state index contributed by atoms with van der Waals surface area (Å²) in [6.45, 7) is 4.28. The highest BCUT2D eigenvalue weighted by atomic mass is 16.5. The van der Waals surface area contributed by atoms with Crippen molar-refractivity contribution in [2.45, 2.75) is 37.8 Å². The van der Waals surface area contributed by atoms with E-state index in [1.807, 2.05) is 11.8 Å². The van der Waals surface area contributed by atoms with E-state index in [0.717, 1.165) is 30.4 Å². The first-order valence-corrected chi connectivity index (χ1v) is 8.64. The van der Waals surface area contributed by atoms with Crippen LogP contribution in [0.5, 0.6) is 5.75 Å². The zero-order valence-electron chi connectivity index (χ0n) is 13.6. The van der Waals surface area contributed by atoms with Crippen LogP contribution in [0.2, 0.25) is 0 Å². The van der Waals surface area contributed by atoms with Crippen molar-refractivity contribution < 1.29 is 9.53 Å². The SMILES string of the molecule is CC1C(=O)NN=C2COc3cc(C4CC4)c(NC4CNC4)cc3N21. The molecule has 1 saturated heterocycles. The van der Waals surface area contributed by atoms with Gasteiger partial charge in [0.1, 0.15) is 18.4 Å². The lowest BCUT2D eigenvalue weighted by atomic mass is 10.0. The van der Waals surface area contributed by atoms with Crippen molar-refractivity contribution in [3.63, 3.8) is 0 Å². The van der Waals surface area contributed by atoms with Gasteiger partial charge in [-0.25, -0.2) is 5.43 Å². The highest BCUT2D eigenvalue weighted by molar-refractivity contribution is 6.09. The van der Waals surface area contributed by atoms with Crippen LogP contribution in [0.4, 0.5) is 11.4 Å². The molecule has 1 unspecified atom stereocenters. The molecule has 0 radical (unpaired) electrons. The fraction of sp³-hybridized carbons (Fsp3) is 0.529. The van der Waals surface area contributed by atoms with Crippen molar-refractivity contribution in [1.29, 1.82) is 0 Å². The molecule has 4 aliphatic rings. The zero-order chi connectivity index (χ0) is 16.3. The van der Waals surface area contributed by atoms with Gasteiger partial charge in [0, 0.05) is 18.8 Å². The standard InChI is InChI=1S/C17H21N5O2/c1-9-17(23)21-20-16-8-24-15-4-12(10-2-3-10)13(5-14(15)22(9)16)19-11-6-18-7-11/h4-5,9-11,18-19H,2-3,6-8H2,1H3,(H,21,23). The lowest BCUT2D eigenvalue weighted by Crippen LogP contribution is -2.55. The molecule has 1 atom stereocenters. The van der Waals surface area contributed by atoms with E-state index in [9.17, 15) is 4.79 Å². The summed E-state index contributed by atoms with van der Waals surface area (Å²) in [4.78, 5) is 14.0. The van der Waals surface area contributed by atoms with Crippen LogP contribution >= 0.6 is 0 Å². The fourth-order valence-electron chi connectivity index (χ4n) is 3.56. The predicted octanol–water partition coefficient (Wildman–Crippen LogP) is 0.978. The molecule has 7 nitrogen and oxygen atoms in total. The molecule has 3 aliphatic heterocycles. The van der Waals surface area contributed by atoms with Crippen molar-refractivity contribution in [2.75, 3.05) is 29.9 Å². The Morgan fingerprint density at radius 3 is 2.88 bits per heavy atom. The normalized spacial score (nSPS) is 25.7. The summed E-state index contributed by atoms with van der Waals surface area (Å²) in [5.74, 6) is 2.15. The van der Waals surface area contributed by atoms with Crippen molar-refractivity contribution in [1.82, 2.24) is 10.7 Å². The van der Waals surface area contributed by atoms with Crippen molar-refractivity contribution in [3.05, 3.63) is 17.7 Å². The average Bonchev–Trinajstić information content (AvgIpc) is 3.38. The molecular formula is C17H21N5O2. The molecule has 126 valence electrons. The molecule has 1 aliphatic carbocycles. The second-order valence-corrected chi connectivity index (χ2v) is 7.02. The summed E-state index contributed by atoms with van der Waals surface area (Å²) < 4.78 is 5.93. The molecule has 1 saturated carbocycles. The molecule has 0 bridgehead atoms. The van der Waals surface area contributed by atoms with Crippen LogP contribution in [0.1, 0.15) is 31.2 Å². The number of carbonyl (C=O) groups is 1. The molecule has 1 amide bonds. The van der Waals surface area contributed by atoms with Gasteiger partial charge in [-0.05, 0) is 43.4 Å². The number of amides is 1. The number of nitrogens with one attached hydrogen (secondary N) is 3. The topological polar surface area (TPSA) is 78.0 Å². The molecule has 5 rings (SSSR count). The molecule has 0 aromatic heterocycles. The summed E-state index contributed by atoms with van der Waals surface area (Å²) in [5.41, 5.74) is 6.02. The molecule has 1 aromatic carbocycles. The Morgan fingerprint density at radius 1 is 1.33 bits per heavy atom. The summed E-state index contributed by atoms with van der Waals surface area (Å²) in [6.07, 6.45) is 2.48. The summed E-state index contributed by atoms with van der Waals surface area (Å²) in [6, 6.07) is 4.49. The van der Waals surface area contributed by atoms with E-state index < -0.39 is 0 Å². The maximum absolute atomic E-state index is 12.0. The lowest BCUT2D eigenvalue weighted by molar-refractivity contribution is -0.122. The molecule has 3 N–H and O–H groups in total. The minimum Gasteiger partial charge on any atom is -0.483 e. The third kappa shape index (κ3) is 2.15. The number of fused-ring (bicyclic) bond motifs is 3. The second-order valence-electron chi connectivity index (χ2n) is 7.02. The van der Waals surface area contributed by atoms with Crippen LogP contribution in [-0.2, 0) is 4.79 Å². The molecule has 1 aromatic rings. The molecule has 7 heteroatoms. The fourth-order valence-corrected chi connectivity index (χ4v) is 3.56. The number of hydrogen-bond donors (Lipinski definition) is 3. The maximum Gasteiger partial charge on any atom is 0.262 e. The number of benzene rings is 1. The van der Waals surface area contributed by atoms with Crippen LogP contribution in [0, 0.1) is 0 Å². The van der Waals surface area contributed by atoms with E-state index in [0.29, 0.717) is 18.6 Å². The number of anilines is 2. The monoisotopic (exact) mass is 327 g/mol. The summed E-state index contributed by atoms with van der Waals surface area (Å²) >= 11 is 0. The third-order valence-electron chi connectivity index (χ3n) is 5.25. The third-order valence-corrected chi connectivity index (χ3v) is 5.25. The molecule has 0 spiro atoms. The second kappa shape index (κ2) is 5.11. The van der Waals surface area contributed by atoms with Gasteiger partial charge in [0.2, 0.25) is 0 Å². The van der Waals surface area contributed by atoms with Crippen molar-refractivity contribution in [3.8, 4) is 5.75 Å². The smallest absolute Gasteiger partial charge is 0.262 e. The number of rotatable bonds is 3. The quantitative estimate of drug-likeness (QED) is 0.771. The molecule has 3 heterocycles. The van der Waals surface area contributed by atoms with Crippen LogP contribution in [0.25, 0.3) is 0 Å². The highest BCUT2D eigenvalue weighted by Gasteiger charge is 2.37. The van der Waals surface area contributed by atoms with E-state index in [1.165, 1.54) is 24.1 Å². The van der Waals surface area contributed by atoms with Crippen LogP contribution in [-0.4, -0.2) is 43.5 Å². The van der Waals surface area contributed by atoms with Gasteiger partial charge in [-0.15, -0.1) is 0 Å². The number of hydrogen-bond acceptors (Lipinski definition) is 6. The van der Waals surface area contributed by atoms with Crippen molar-refractivity contribution >= 4 is 23.1 Å². The van der Waals surface area contributed by atoms with E-state index in [4.69, 9.17) is 4.74 Å². The summed E-state index contributed by atoms with van der Waals surface area (Å²) in [7, 11) is 0. The van der Waals surface area contributed by atoms with Gasteiger partial charge in [-0.2, -0.15) is 5.10 Å². The number of ether oxygens (including phenoxy) is 1. The Labute approximate surface area is 140 Å². The highest BCUT2D eigenvalue weighted by Crippen LogP contribution is 2.48. The van der Waals surface area contributed by atoms with Crippen molar-refractivity contribution in [2.24, 2.45) is 5.10 Å². The Hall–Kier alpha value is -2.28. The zero-order valence-corrected chi connectivity index (χ0v) is 13.6. The first-order chi connectivity index (χ1) is 11.7. The van der Waals surface area contributed by atoms with E-state index >= 15 is 0 Å². The molecule has 24 heavy (non-hydrogen) atoms. The van der Waals surface area contributed by atoms with Gasteiger partial charge in [0.25, 0.3) is 5.91 Å². The van der Waals surface area contributed by atoms with Crippen LogP contribution < -0.4 is 25.7 Å². The van der Waals surface area contributed by atoms with Gasteiger partial charge in [0.05, 0.1) is 11.7 Å². The molecule has 2 fully saturated rings. The minimum absolute atomic E-state index is 0.0874. The first kappa shape index (κ1) is 14.1. The first-order valence-electron chi connectivity index (χ1n) is 8.64. The van der Waals surface area contributed by atoms with Crippen LogP contribution in [0.15, 0.2) is 17.2 Å². The van der Waals surface area contributed by atoms with Gasteiger partial charge in [-0.1, -0.05) is 0 Å². The van der Waals surface area contributed by atoms with Gasteiger partial charge in [-0.3, -0.25) is 4.79 Å². The number of carbonyl (C=O) groups excluding carboxylic acids is 1. The number of amidine groups is 1.